The number of fused-ring (bicyclic) bond motifs is 1. The number of H-pyrrole nitrogens is 1. The Bertz CT molecular complexity index is 956. The maximum atomic E-state index is 13.3. The van der Waals surface area contributed by atoms with Crippen LogP contribution in [-0.2, 0) is 11.2 Å². The summed E-state index contributed by atoms with van der Waals surface area (Å²) in [6.07, 6.45) is 5.89. The van der Waals surface area contributed by atoms with E-state index in [4.69, 9.17) is 4.74 Å². The minimum atomic E-state index is -0.905. The molecule has 2 N–H and O–H groups in total. The summed E-state index contributed by atoms with van der Waals surface area (Å²) in [6.45, 7) is 0. The lowest BCUT2D eigenvalue weighted by atomic mass is 9.98. The van der Waals surface area contributed by atoms with E-state index in [0.29, 0.717) is 11.3 Å². The highest BCUT2D eigenvalue weighted by Gasteiger charge is 2.19. The minimum absolute atomic E-state index is 0.112. The van der Waals surface area contributed by atoms with Crippen LogP contribution in [0.3, 0.4) is 0 Å². The van der Waals surface area contributed by atoms with Crippen molar-refractivity contribution in [2.24, 2.45) is 0 Å². The second kappa shape index (κ2) is 7.43. The number of carbonyl (C=O) groups is 1. The number of benzene rings is 2. The average Bonchev–Trinajstić information content (AvgIpc) is 3.01. The zero-order chi connectivity index (χ0) is 18.8. The number of aromatic amines is 1. The molecule has 5 heteroatoms. The van der Waals surface area contributed by atoms with Gasteiger partial charge in [-0.3, -0.25) is 4.79 Å². The molecule has 0 radical (unpaired) electrons. The highest BCUT2D eigenvalue weighted by Crippen LogP contribution is 2.34. The summed E-state index contributed by atoms with van der Waals surface area (Å²) < 4.78 is 19.4. The van der Waals surface area contributed by atoms with Crippen molar-refractivity contribution in [1.29, 1.82) is 0 Å². The van der Waals surface area contributed by atoms with E-state index < -0.39 is 5.97 Å². The highest BCUT2D eigenvalue weighted by molar-refractivity contribution is 5.94. The molecule has 1 fully saturated rings. The first-order chi connectivity index (χ1) is 13.1. The molecular weight excluding hydrogens is 345 g/mol. The molecule has 0 spiro atoms. The Hall–Kier alpha value is -2.82. The molecular formula is C22H22FNO3. The fourth-order valence-corrected chi connectivity index (χ4v) is 3.87. The molecule has 1 aliphatic rings. The van der Waals surface area contributed by atoms with Gasteiger partial charge in [0.2, 0.25) is 0 Å². The lowest BCUT2D eigenvalue weighted by molar-refractivity contribution is -0.136. The molecule has 2 aromatic carbocycles. The van der Waals surface area contributed by atoms with Crippen LogP contribution in [0.4, 0.5) is 4.39 Å². The van der Waals surface area contributed by atoms with Crippen molar-refractivity contribution in [3.8, 4) is 17.0 Å². The Morgan fingerprint density at radius 1 is 1.11 bits per heavy atom. The first-order valence-electron chi connectivity index (χ1n) is 9.39. The predicted octanol–water partition coefficient (Wildman–Crippen LogP) is 5.31. The van der Waals surface area contributed by atoms with Gasteiger partial charge < -0.3 is 14.8 Å². The fraction of sp³-hybridized carbons (Fsp3) is 0.318. The van der Waals surface area contributed by atoms with Gasteiger partial charge >= 0.3 is 5.97 Å². The van der Waals surface area contributed by atoms with E-state index in [0.717, 1.165) is 35.1 Å². The molecule has 0 unspecified atom stereocenters. The van der Waals surface area contributed by atoms with Crippen LogP contribution < -0.4 is 4.74 Å². The van der Waals surface area contributed by atoms with Crippen LogP contribution in [0.15, 0.2) is 42.5 Å². The molecule has 140 valence electrons. The van der Waals surface area contributed by atoms with E-state index >= 15 is 0 Å². The highest BCUT2D eigenvalue weighted by atomic mass is 19.1. The molecule has 4 nitrogen and oxygen atoms in total. The zero-order valence-electron chi connectivity index (χ0n) is 15.0. The first-order valence-corrected chi connectivity index (χ1v) is 9.39. The monoisotopic (exact) mass is 367 g/mol. The van der Waals surface area contributed by atoms with E-state index in [9.17, 15) is 14.3 Å². The van der Waals surface area contributed by atoms with Crippen LogP contribution in [0.1, 0.15) is 37.7 Å². The van der Waals surface area contributed by atoms with Gasteiger partial charge in [0.05, 0.1) is 18.2 Å². The first kappa shape index (κ1) is 17.6. The second-order valence-electron chi connectivity index (χ2n) is 7.14. The van der Waals surface area contributed by atoms with Crippen molar-refractivity contribution < 1.29 is 19.0 Å². The van der Waals surface area contributed by atoms with E-state index in [-0.39, 0.29) is 18.3 Å². The summed E-state index contributed by atoms with van der Waals surface area (Å²) in [7, 11) is 0. The second-order valence-corrected chi connectivity index (χ2v) is 7.14. The smallest absolute Gasteiger partial charge is 0.307 e. The van der Waals surface area contributed by atoms with Gasteiger partial charge in [-0.2, -0.15) is 0 Å². The molecule has 0 saturated heterocycles. The molecule has 27 heavy (non-hydrogen) atoms. The number of halogens is 1. The van der Waals surface area contributed by atoms with Gasteiger partial charge in [-0.1, -0.05) is 6.42 Å². The average molecular weight is 367 g/mol. The van der Waals surface area contributed by atoms with E-state index in [2.05, 4.69) is 4.98 Å². The van der Waals surface area contributed by atoms with Crippen molar-refractivity contribution in [3.05, 3.63) is 53.8 Å². The molecule has 1 aromatic heterocycles. The van der Waals surface area contributed by atoms with Crippen molar-refractivity contribution >= 4 is 16.9 Å². The summed E-state index contributed by atoms with van der Waals surface area (Å²) in [5.74, 6) is -0.457. The Morgan fingerprint density at radius 2 is 1.85 bits per heavy atom. The van der Waals surface area contributed by atoms with Gasteiger partial charge in [0.25, 0.3) is 0 Å². The van der Waals surface area contributed by atoms with Crippen LogP contribution in [0.2, 0.25) is 0 Å². The van der Waals surface area contributed by atoms with Crippen molar-refractivity contribution in [2.45, 2.75) is 44.6 Å². The van der Waals surface area contributed by atoms with Gasteiger partial charge in [-0.25, -0.2) is 4.39 Å². The quantitative estimate of drug-likeness (QED) is 0.642. The molecule has 1 heterocycles. The number of nitrogens with one attached hydrogen (secondary N) is 1. The number of carboxylic acid groups (broad SMARTS) is 1. The van der Waals surface area contributed by atoms with Gasteiger partial charge in [0.1, 0.15) is 11.6 Å². The van der Waals surface area contributed by atoms with Crippen LogP contribution >= 0.6 is 0 Å². The summed E-state index contributed by atoms with van der Waals surface area (Å²) in [4.78, 5) is 14.7. The zero-order valence-corrected chi connectivity index (χ0v) is 15.0. The summed E-state index contributed by atoms with van der Waals surface area (Å²) >= 11 is 0. The molecule has 0 amide bonds. The molecule has 1 aliphatic carbocycles. The van der Waals surface area contributed by atoms with Crippen molar-refractivity contribution in [3.63, 3.8) is 0 Å². The van der Waals surface area contributed by atoms with E-state index in [1.807, 2.05) is 18.2 Å². The van der Waals surface area contributed by atoms with Crippen LogP contribution in [0, 0.1) is 5.82 Å². The van der Waals surface area contributed by atoms with Gasteiger partial charge in [-0.05, 0) is 79.3 Å². The lowest BCUT2D eigenvalue weighted by Gasteiger charge is -2.23. The Balaban J connectivity index is 1.74. The maximum Gasteiger partial charge on any atom is 0.307 e. The molecule has 0 aliphatic heterocycles. The lowest BCUT2D eigenvalue weighted by Crippen LogP contribution is -2.19. The number of carboxylic acids is 1. The SMILES string of the molecule is O=C(O)Cc1c(-c2ccc(F)cc2)[nH]c2ccc(OC3CCCCC3)cc12. The van der Waals surface area contributed by atoms with Crippen LogP contribution in [0.25, 0.3) is 22.2 Å². The molecule has 3 aromatic rings. The topological polar surface area (TPSA) is 62.3 Å². The van der Waals surface area contributed by atoms with E-state index in [1.165, 1.54) is 31.4 Å². The molecule has 0 atom stereocenters. The van der Waals surface area contributed by atoms with Crippen molar-refractivity contribution in [2.75, 3.05) is 0 Å². The van der Waals surface area contributed by atoms with Crippen LogP contribution in [0.5, 0.6) is 5.75 Å². The van der Waals surface area contributed by atoms with E-state index in [1.54, 1.807) is 12.1 Å². The largest absolute Gasteiger partial charge is 0.490 e. The number of hydrogen-bond acceptors (Lipinski definition) is 2. The van der Waals surface area contributed by atoms with Crippen molar-refractivity contribution in [1.82, 2.24) is 4.98 Å². The summed E-state index contributed by atoms with van der Waals surface area (Å²) in [5.41, 5.74) is 3.01. The minimum Gasteiger partial charge on any atom is -0.490 e. The summed E-state index contributed by atoms with van der Waals surface area (Å²) in [6, 6.07) is 11.8. The summed E-state index contributed by atoms with van der Waals surface area (Å²) in [5, 5.41) is 10.2. The predicted molar refractivity (Wildman–Crippen MR) is 103 cm³/mol. The fourth-order valence-electron chi connectivity index (χ4n) is 3.87. The van der Waals surface area contributed by atoms with Crippen LogP contribution in [-0.4, -0.2) is 22.2 Å². The third-order valence-electron chi connectivity index (χ3n) is 5.19. The number of rotatable bonds is 5. The standard InChI is InChI=1S/C22H22FNO3/c23-15-8-6-14(7-9-15)22-19(13-21(25)26)18-12-17(10-11-20(18)24-22)27-16-4-2-1-3-5-16/h6-12,16,24H,1-5,13H2,(H,25,26). The molecule has 0 bridgehead atoms. The Kier molecular flexibility index (Phi) is 4.84. The molecule has 4 rings (SSSR count). The number of aromatic nitrogens is 1. The normalized spacial score (nSPS) is 15.1. The Labute approximate surface area is 157 Å². The Morgan fingerprint density at radius 3 is 2.56 bits per heavy atom. The molecule has 1 saturated carbocycles. The third-order valence-corrected chi connectivity index (χ3v) is 5.19. The number of aliphatic carboxylic acids is 1. The maximum absolute atomic E-state index is 13.3. The third kappa shape index (κ3) is 3.82. The van der Waals surface area contributed by atoms with Gasteiger partial charge in [0, 0.05) is 10.9 Å². The number of hydrogen-bond donors (Lipinski definition) is 2. The number of ether oxygens (including phenoxy) is 1. The van der Waals surface area contributed by atoms with Gasteiger partial charge in [-0.15, -0.1) is 0 Å². The van der Waals surface area contributed by atoms with Gasteiger partial charge in [0.15, 0.2) is 0 Å².